The van der Waals surface area contributed by atoms with E-state index in [1.807, 2.05) is 17.5 Å². The van der Waals surface area contributed by atoms with Crippen LogP contribution in [-0.4, -0.2) is 71.0 Å². The van der Waals surface area contributed by atoms with Crippen molar-refractivity contribution in [3.05, 3.63) is 40.9 Å². The predicted octanol–water partition coefficient (Wildman–Crippen LogP) is 2.08. The number of piperazine rings is 1. The number of benzene rings is 1. The van der Waals surface area contributed by atoms with Crippen LogP contribution in [0.1, 0.15) is 24.6 Å². The number of carbonyl (C=O) groups excluding carboxylic acids is 1. The summed E-state index contributed by atoms with van der Waals surface area (Å²) in [5.74, 6) is -1.34. The fourth-order valence-corrected chi connectivity index (χ4v) is 4.15. The fourth-order valence-electron chi connectivity index (χ4n) is 3.34. The topological polar surface area (TPSA) is 85.8 Å². The Morgan fingerprint density at radius 2 is 2.03 bits per heavy atom. The van der Waals surface area contributed by atoms with Gasteiger partial charge in [-0.25, -0.2) is 9.78 Å². The zero-order valence-corrected chi connectivity index (χ0v) is 17.7. The van der Waals surface area contributed by atoms with Crippen LogP contribution in [0.25, 0.3) is 10.6 Å². The van der Waals surface area contributed by atoms with Gasteiger partial charge in [-0.3, -0.25) is 9.69 Å². The molecule has 2 aromatic rings. The van der Waals surface area contributed by atoms with Crippen LogP contribution in [-0.2, 0) is 22.6 Å². The molecule has 7 nitrogen and oxygen atoms in total. The van der Waals surface area contributed by atoms with Gasteiger partial charge in [0.2, 0.25) is 5.91 Å². The van der Waals surface area contributed by atoms with Crippen LogP contribution < -0.4 is 5.32 Å². The molecule has 2 N–H and O–H groups in total. The van der Waals surface area contributed by atoms with Crippen LogP contribution in [0.5, 0.6) is 0 Å². The first-order valence-electron chi connectivity index (χ1n) is 9.91. The Morgan fingerprint density at radius 3 is 2.72 bits per heavy atom. The number of aliphatic carboxylic acids is 1. The van der Waals surface area contributed by atoms with E-state index in [4.69, 9.17) is 5.11 Å². The van der Waals surface area contributed by atoms with Crippen molar-refractivity contribution in [2.24, 2.45) is 0 Å². The zero-order chi connectivity index (χ0) is 20.8. The molecule has 156 valence electrons. The SMILES string of the molecule is CCC(NC(=O)Cc1csc(-c2cccc(CN3CCN(C)CC3)c2)n1)C(=O)O. The average Bonchev–Trinajstić information content (AvgIpc) is 3.16. The van der Waals surface area contributed by atoms with Gasteiger partial charge in [-0.15, -0.1) is 11.3 Å². The van der Waals surface area contributed by atoms with E-state index < -0.39 is 12.0 Å². The highest BCUT2D eigenvalue weighted by atomic mass is 32.1. The van der Waals surface area contributed by atoms with Crippen molar-refractivity contribution in [3.8, 4) is 10.6 Å². The summed E-state index contributed by atoms with van der Waals surface area (Å²) in [5, 5.41) is 14.3. The van der Waals surface area contributed by atoms with Gasteiger partial charge in [0, 0.05) is 43.7 Å². The summed E-state index contributed by atoms with van der Waals surface area (Å²) in [6.45, 7) is 7.00. The largest absolute Gasteiger partial charge is 0.480 e. The van der Waals surface area contributed by atoms with Crippen LogP contribution in [0.3, 0.4) is 0 Å². The molecule has 0 radical (unpaired) electrons. The molecule has 2 heterocycles. The first kappa shape index (κ1) is 21.4. The number of carboxylic acids is 1. The lowest BCUT2D eigenvalue weighted by molar-refractivity contribution is -0.141. The zero-order valence-electron chi connectivity index (χ0n) is 16.9. The number of carbonyl (C=O) groups is 2. The lowest BCUT2D eigenvalue weighted by atomic mass is 10.1. The van der Waals surface area contributed by atoms with Crippen LogP contribution in [0.4, 0.5) is 0 Å². The van der Waals surface area contributed by atoms with Gasteiger partial charge < -0.3 is 15.3 Å². The second-order valence-corrected chi connectivity index (χ2v) is 8.33. The maximum Gasteiger partial charge on any atom is 0.326 e. The molecule has 29 heavy (non-hydrogen) atoms. The first-order chi connectivity index (χ1) is 13.9. The molecule has 0 spiro atoms. The smallest absolute Gasteiger partial charge is 0.326 e. The number of hydrogen-bond acceptors (Lipinski definition) is 6. The molecular weight excluding hydrogens is 388 g/mol. The van der Waals surface area contributed by atoms with Gasteiger partial charge in [0.15, 0.2) is 0 Å². The molecule has 8 heteroatoms. The normalized spacial score (nSPS) is 16.5. The van der Waals surface area contributed by atoms with Crippen LogP contribution >= 0.6 is 11.3 Å². The van der Waals surface area contributed by atoms with E-state index in [2.05, 4.69) is 39.3 Å². The highest BCUT2D eigenvalue weighted by Crippen LogP contribution is 2.25. The average molecular weight is 417 g/mol. The number of amides is 1. The Bertz CT molecular complexity index is 846. The predicted molar refractivity (Wildman–Crippen MR) is 114 cm³/mol. The van der Waals surface area contributed by atoms with E-state index in [-0.39, 0.29) is 12.3 Å². The van der Waals surface area contributed by atoms with E-state index >= 15 is 0 Å². The second kappa shape index (κ2) is 9.96. The molecule has 1 unspecified atom stereocenters. The van der Waals surface area contributed by atoms with Crippen molar-refractivity contribution in [1.29, 1.82) is 0 Å². The molecule has 3 rings (SSSR count). The molecule has 0 saturated carbocycles. The molecule has 1 aromatic carbocycles. The van der Waals surface area contributed by atoms with Gasteiger partial charge in [-0.05, 0) is 25.1 Å². The van der Waals surface area contributed by atoms with Gasteiger partial charge in [0.05, 0.1) is 12.1 Å². The summed E-state index contributed by atoms with van der Waals surface area (Å²) < 4.78 is 0. The minimum atomic E-state index is -1.02. The molecule has 1 aromatic heterocycles. The minimum absolute atomic E-state index is 0.0846. The van der Waals surface area contributed by atoms with E-state index in [9.17, 15) is 9.59 Å². The molecule has 1 atom stereocenters. The van der Waals surface area contributed by atoms with Gasteiger partial charge in [0.1, 0.15) is 11.0 Å². The number of thiazole rings is 1. The van der Waals surface area contributed by atoms with E-state index in [0.29, 0.717) is 12.1 Å². The molecule has 1 aliphatic rings. The maximum atomic E-state index is 12.1. The van der Waals surface area contributed by atoms with Gasteiger partial charge in [0.25, 0.3) is 0 Å². The third kappa shape index (κ3) is 6.09. The Labute approximate surface area is 175 Å². The summed E-state index contributed by atoms with van der Waals surface area (Å²) in [5.41, 5.74) is 2.96. The van der Waals surface area contributed by atoms with E-state index in [0.717, 1.165) is 43.3 Å². The maximum absolute atomic E-state index is 12.1. The molecule has 1 amide bonds. The molecule has 0 bridgehead atoms. The van der Waals surface area contributed by atoms with Crippen LogP contribution in [0.15, 0.2) is 29.6 Å². The van der Waals surface area contributed by atoms with Crippen molar-refractivity contribution in [2.45, 2.75) is 32.4 Å². The quantitative estimate of drug-likeness (QED) is 0.685. The van der Waals surface area contributed by atoms with Crippen LogP contribution in [0.2, 0.25) is 0 Å². The highest BCUT2D eigenvalue weighted by Gasteiger charge is 2.19. The standard InChI is InChI=1S/C21H28N4O3S/c1-3-18(21(27)28)23-19(26)12-17-14-29-20(22-17)16-6-4-5-15(11-16)13-25-9-7-24(2)8-10-25/h4-6,11,14,18H,3,7-10,12-13H2,1-2H3,(H,23,26)(H,27,28). The summed E-state index contributed by atoms with van der Waals surface area (Å²) in [7, 11) is 2.16. The third-order valence-electron chi connectivity index (χ3n) is 5.11. The number of nitrogens with one attached hydrogen (secondary N) is 1. The van der Waals surface area contributed by atoms with Crippen molar-refractivity contribution in [2.75, 3.05) is 33.2 Å². The van der Waals surface area contributed by atoms with Gasteiger partial charge in [-0.1, -0.05) is 25.1 Å². The molecule has 0 aliphatic carbocycles. The Kier molecular flexibility index (Phi) is 7.35. The van der Waals surface area contributed by atoms with E-state index in [1.54, 1.807) is 6.92 Å². The molecule has 1 aliphatic heterocycles. The number of hydrogen-bond donors (Lipinski definition) is 2. The minimum Gasteiger partial charge on any atom is -0.480 e. The first-order valence-corrected chi connectivity index (χ1v) is 10.8. The number of aromatic nitrogens is 1. The summed E-state index contributed by atoms with van der Waals surface area (Å²) >= 11 is 1.50. The van der Waals surface area contributed by atoms with Crippen LogP contribution in [0, 0.1) is 0 Å². The molecule has 1 saturated heterocycles. The fraction of sp³-hybridized carbons (Fsp3) is 0.476. The van der Waals surface area contributed by atoms with Gasteiger partial charge in [-0.2, -0.15) is 0 Å². The number of nitrogens with zero attached hydrogens (tertiary/aromatic N) is 3. The Balaban J connectivity index is 1.61. The number of likely N-dealkylation sites (N-methyl/N-ethyl adjacent to an activating group) is 1. The Hall–Kier alpha value is -2.29. The van der Waals surface area contributed by atoms with Crippen molar-refractivity contribution >= 4 is 23.2 Å². The monoisotopic (exact) mass is 416 g/mol. The third-order valence-corrected chi connectivity index (χ3v) is 6.05. The lowest BCUT2D eigenvalue weighted by Crippen LogP contribution is -2.43. The Morgan fingerprint density at radius 1 is 1.28 bits per heavy atom. The van der Waals surface area contributed by atoms with Crippen molar-refractivity contribution in [3.63, 3.8) is 0 Å². The second-order valence-electron chi connectivity index (χ2n) is 7.47. The van der Waals surface area contributed by atoms with E-state index in [1.165, 1.54) is 16.9 Å². The van der Waals surface area contributed by atoms with Crippen molar-refractivity contribution < 1.29 is 14.7 Å². The summed E-state index contributed by atoms with van der Waals surface area (Å²) in [6, 6.07) is 7.53. The molecule has 1 fully saturated rings. The van der Waals surface area contributed by atoms with Crippen molar-refractivity contribution in [1.82, 2.24) is 20.1 Å². The molecular formula is C21H28N4O3S. The number of carboxylic acid groups (broad SMARTS) is 1. The number of rotatable bonds is 8. The summed E-state index contributed by atoms with van der Waals surface area (Å²) in [4.78, 5) is 32.6. The lowest BCUT2D eigenvalue weighted by Gasteiger charge is -2.32. The summed E-state index contributed by atoms with van der Waals surface area (Å²) in [6.07, 6.45) is 0.435. The van der Waals surface area contributed by atoms with Gasteiger partial charge >= 0.3 is 5.97 Å². The highest BCUT2D eigenvalue weighted by molar-refractivity contribution is 7.13.